The van der Waals surface area contributed by atoms with Crippen LogP contribution < -0.4 is 4.74 Å². The first-order chi connectivity index (χ1) is 9.69. The summed E-state index contributed by atoms with van der Waals surface area (Å²) in [6.45, 7) is 4.02. The standard InChI is InChI=1S/C16H12ClFNO/c1-2-20-16-10-19(13-6-4-12(18)5-7-13)15-8-3-11(17)9-14(15)16/h3-10H,1-2H2. The van der Waals surface area contributed by atoms with Gasteiger partial charge in [0, 0.05) is 16.1 Å². The molecule has 2 aromatic carbocycles. The minimum atomic E-state index is -0.262. The van der Waals surface area contributed by atoms with E-state index in [1.807, 2.05) is 29.0 Å². The molecule has 3 aromatic rings. The highest BCUT2D eigenvalue weighted by molar-refractivity contribution is 6.31. The number of fused-ring (bicyclic) bond motifs is 1. The number of rotatable bonds is 3. The third-order valence-corrected chi connectivity index (χ3v) is 3.33. The average Bonchev–Trinajstić information content (AvgIpc) is 2.78. The molecule has 0 saturated heterocycles. The molecule has 0 bridgehead atoms. The SMILES string of the molecule is [CH2]COc1cn(-c2ccc(F)cc2)c2ccc(Cl)cc12. The maximum atomic E-state index is 13.0. The van der Waals surface area contributed by atoms with Crippen LogP contribution >= 0.6 is 11.6 Å². The molecule has 0 aliphatic rings. The van der Waals surface area contributed by atoms with Crippen LogP contribution in [0.5, 0.6) is 5.75 Å². The van der Waals surface area contributed by atoms with Crippen LogP contribution in [0.25, 0.3) is 16.6 Å². The Kier molecular flexibility index (Phi) is 3.36. The van der Waals surface area contributed by atoms with Gasteiger partial charge in [0.25, 0.3) is 0 Å². The molecule has 0 aliphatic carbocycles. The Morgan fingerprint density at radius 2 is 1.90 bits per heavy atom. The molecular formula is C16H12ClFNO. The van der Waals surface area contributed by atoms with Crippen molar-refractivity contribution in [3.63, 3.8) is 0 Å². The van der Waals surface area contributed by atoms with Crippen molar-refractivity contribution in [1.82, 2.24) is 4.57 Å². The zero-order valence-electron chi connectivity index (χ0n) is 10.6. The fraction of sp³-hybridized carbons (Fsp3) is 0.0625. The fourth-order valence-electron chi connectivity index (χ4n) is 2.21. The molecule has 1 aromatic heterocycles. The van der Waals surface area contributed by atoms with E-state index in [1.165, 1.54) is 12.1 Å². The predicted molar refractivity (Wildman–Crippen MR) is 79.1 cm³/mol. The van der Waals surface area contributed by atoms with Gasteiger partial charge in [0.05, 0.1) is 18.3 Å². The smallest absolute Gasteiger partial charge is 0.145 e. The van der Waals surface area contributed by atoms with Crippen molar-refractivity contribution < 1.29 is 9.13 Å². The summed E-state index contributed by atoms with van der Waals surface area (Å²) >= 11 is 6.04. The van der Waals surface area contributed by atoms with Gasteiger partial charge >= 0.3 is 0 Å². The molecule has 2 nitrogen and oxygen atoms in total. The zero-order chi connectivity index (χ0) is 14.1. The molecule has 4 heteroatoms. The molecule has 1 heterocycles. The van der Waals surface area contributed by atoms with E-state index in [0.717, 1.165) is 16.6 Å². The maximum Gasteiger partial charge on any atom is 0.145 e. The molecular weight excluding hydrogens is 277 g/mol. The summed E-state index contributed by atoms with van der Waals surface area (Å²) in [4.78, 5) is 0. The normalized spacial score (nSPS) is 10.9. The third kappa shape index (κ3) is 2.25. The van der Waals surface area contributed by atoms with E-state index in [2.05, 4.69) is 6.92 Å². The van der Waals surface area contributed by atoms with E-state index in [4.69, 9.17) is 16.3 Å². The van der Waals surface area contributed by atoms with Crippen molar-refractivity contribution in [3.8, 4) is 11.4 Å². The number of halogens is 2. The molecule has 3 rings (SSSR count). The Hall–Kier alpha value is -2.00. The van der Waals surface area contributed by atoms with E-state index in [0.29, 0.717) is 17.4 Å². The second kappa shape index (κ2) is 5.17. The Morgan fingerprint density at radius 3 is 2.60 bits per heavy atom. The van der Waals surface area contributed by atoms with Crippen molar-refractivity contribution in [1.29, 1.82) is 0 Å². The van der Waals surface area contributed by atoms with Crippen molar-refractivity contribution in [2.45, 2.75) is 0 Å². The Bertz CT molecular complexity index is 749. The summed E-state index contributed by atoms with van der Waals surface area (Å²) in [5.74, 6) is 0.448. The summed E-state index contributed by atoms with van der Waals surface area (Å²) in [6.07, 6.45) is 1.86. The second-order valence-electron chi connectivity index (χ2n) is 4.35. The molecule has 0 spiro atoms. The molecule has 0 unspecified atom stereocenters. The van der Waals surface area contributed by atoms with Gasteiger partial charge in [-0.3, -0.25) is 0 Å². The van der Waals surface area contributed by atoms with E-state index in [-0.39, 0.29) is 5.82 Å². The highest BCUT2D eigenvalue weighted by Gasteiger charge is 2.11. The van der Waals surface area contributed by atoms with Crippen LogP contribution in [0, 0.1) is 12.7 Å². The number of hydrogen-bond acceptors (Lipinski definition) is 1. The van der Waals surface area contributed by atoms with Crippen LogP contribution in [-0.4, -0.2) is 11.2 Å². The maximum absolute atomic E-state index is 13.0. The van der Waals surface area contributed by atoms with Gasteiger partial charge in [-0.1, -0.05) is 11.6 Å². The Labute approximate surface area is 121 Å². The van der Waals surface area contributed by atoms with Crippen molar-refractivity contribution in [2.24, 2.45) is 0 Å². The van der Waals surface area contributed by atoms with E-state index in [9.17, 15) is 4.39 Å². The van der Waals surface area contributed by atoms with Gasteiger partial charge in [-0.2, -0.15) is 0 Å². The van der Waals surface area contributed by atoms with E-state index < -0.39 is 0 Å². The topological polar surface area (TPSA) is 14.2 Å². The first kappa shape index (κ1) is 13.0. The van der Waals surface area contributed by atoms with Gasteiger partial charge in [-0.05, 0) is 49.4 Å². The lowest BCUT2D eigenvalue weighted by atomic mass is 10.2. The van der Waals surface area contributed by atoms with Gasteiger partial charge in [-0.15, -0.1) is 0 Å². The molecule has 0 fully saturated rings. The number of benzene rings is 2. The molecule has 0 aliphatic heterocycles. The second-order valence-corrected chi connectivity index (χ2v) is 4.79. The quantitative estimate of drug-likeness (QED) is 0.685. The van der Waals surface area contributed by atoms with E-state index >= 15 is 0 Å². The molecule has 1 radical (unpaired) electrons. The highest BCUT2D eigenvalue weighted by atomic mass is 35.5. The highest BCUT2D eigenvalue weighted by Crippen LogP contribution is 2.32. The molecule has 0 atom stereocenters. The van der Waals surface area contributed by atoms with Gasteiger partial charge in [0.1, 0.15) is 11.6 Å². The predicted octanol–water partition coefficient (Wildman–Crippen LogP) is 4.64. The zero-order valence-corrected chi connectivity index (χ0v) is 11.4. The minimum Gasteiger partial charge on any atom is -0.491 e. The van der Waals surface area contributed by atoms with Crippen LogP contribution in [0.4, 0.5) is 4.39 Å². The lowest BCUT2D eigenvalue weighted by Crippen LogP contribution is -1.92. The molecule has 0 N–H and O–H groups in total. The molecule has 0 saturated carbocycles. The van der Waals surface area contributed by atoms with Gasteiger partial charge < -0.3 is 9.30 Å². The Balaban J connectivity index is 2.22. The van der Waals surface area contributed by atoms with Crippen LogP contribution in [0.15, 0.2) is 48.7 Å². The monoisotopic (exact) mass is 288 g/mol. The van der Waals surface area contributed by atoms with Gasteiger partial charge in [0.2, 0.25) is 0 Å². The van der Waals surface area contributed by atoms with Gasteiger partial charge in [0.15, 0.2) is 0 Å². The van der Waals surface area contributed by atoms with Crippen LogP contribution in [-0.2, 0) is 0 Å². The summed E-state index contributed by atoms with van der Waals surface area (Å²) in [7, 11) is 0. The Morgan fingerprint density at radius 1 is 1.15 bits per heavy atom. The van der Waals surface area contributed by atoms with Crippen LogP contribution in [0.2, 0.25) is 5.02 Å². The number of ether oxygens (including phenoxy) is 1. The fourth-order valence-corrected chi connectivity index (χ4v) is 2.38. The molecule has 0 amide bonds. The first-order valence-electron chi connectivity index (χ1n) is 6.17. The van der Waals surface area contributed by atoms with Gasteiger partial charge in [-0.25, -0.2) is 4.39 Å². The van der Waals surface area contributed by atoms with Crippen molar-refractivity contribution in [2.75, 3.05) is 6.61 Å². The summed E-state index contributed by atoms with van der Waals surface area (Å²) < 4.78 is 20.5. The first-order valence-corrected chi connectivity index (χ1v) is 6.55. The minimum absolute atomic E-state index is 0.262. The van der Waals surface area contributed by atoms with Crippen LogP contribution in [0.3, 0.4) is 0 Å². The lowest BCUT2D eigenvalue weighted by Gasteiger charge is -2.04. The van der Waals surface area contributed by atoms with Crippen molar-refractivity contribution >= 4 is 22.5 Å². The molecule has 20 heavy (non-hydrogen) atoms. The van der Waals surface area contributed by atoms with Crippen LogP contribution in [0.1, 0.15) is 0 Å². The third-order valence-electron chi connectivity index (χ3n) is 3.09. The van der Waals surface area contributed by atoms with E-state index in [1.54, 1.807) is 12.1 Å². The number of aromatic nitrogens is 1. The summed E-state index contributed by atoms with van der Waals surface area (Å²) in [6, 6.07) is 11.9. The lowest BCUT2D eigenvalue weighted by molar-refractivity contribution is 0.365. The number of nitrogens with zero attached hydrogens (tertiary/aromatic N) is 1. The summed E-state index contributed by atoms with van der Waals surface area (Å²) in [5.41, 5.74) is 1.81. The largest absolute Gasteiger partial charge is 0.491 e. The average molecular weight is 289 g/mol. The number of hydrogen-bond donors (Lipinski definition) is 0. The molecule has 101 valence electrons. The summed E-state index contributed by atoms with van der Waals surface area (Å²) in [5, 5.41) is 1.55. The van der Waals surface area contributed by atoms with Crippen molar-refractivity contribution in [3.05, 3.63) is 66.4 Å².